The lowest BCUT2D eigenvalue weighted by Crippen LogP contribution is -2.52. The van der Waals surface area contributed by atoms with Crippen LogP contribution < -0.4 is 0 Å². The lowest BCUT2D eigenvalue weighted by Gasteiger charge is -2.46. The number of rotatable bonds is 2. The lowest BCUT2D eigenvalue weighted by molar-refractivity contribution is -0.168. The molecule has 0 bridgehead atoms. The Balaban J connectivity index is 1.67. The van der Waals surface area contributed by atoms with E-state index in [1.807, 2.05) is 0 Å². The minimum Gasteiger partial charge on any atom is -0.469 e. The van der Waals surface area contributed by atoms with Crippen LogP contribution in [0.5, 0.6) is 0 Å². The SMILES string of the molecule is COC(=O)[C@@H]1[C@@H]2C3=C(CCC3=O)C[C@@H]2C2CC3=C(C(=O)CC3)C2[C@@H]1C(=O)OC. The molecule has 0 aromatic heterocycles. The van der Waals surface area contributed by atoms with Gasteiger partial charge in [0, 0.05) is 24.7 Å². The third-order valence-electron chi connectivity index (χ3n) is 7.88. The fourth-order valence-corrected chi connectivity index (χ4v) is 7.01. The van der Waals surface area contributed by atoms with Gasteiger partial charge < -0.3 is 9.47 Å². The first-order valence-electron chi connectivity index (χ1n) is 10.1. The number of fused-ring (bicyclic) bond motifs is 5. The predicted molar refractivity (Wildman–Crippen MR) is 96.7 cm³/mol. The molecule has 1 saturated carbocycles. The molecule has 0 amide bonds. The van der Waals surface area contributed by atoms with Crippen molar-refractivity contribution in [2.45, 2.75) is 38.5 Å². The minimum absolute atomic E-state index is 0.105. The summed E-state index contributed by atoms with van der Waals surface area (Å²) in [6.07, 6.45) is 4.08. The second-order valence-electron chi connectivity index (χ2n) is 8.77. The molecule has 5 aliphatic rings. The Kier molecular flexibility index (Phi) is 3.90. The fraction of sp³-hybridized carbons (Fsp3) is 0.636. The molecule has 0 aromatic rings. The Morgan fingerprint density at radius 1 is 0.714 bits per heavy atom. The van der Waals surface area contributed by atoms with Crippen LogP contribution in [0.3, 0.4) is 0 Å². The van der Waals surface area contributed by atoms with Crippen LogP contribution in [0.4, 0.5) is 0 Å². The standard InChI is InChI=1S/C22H24O6/c1-27-21(25)19-17-11(7-9-3-5-13(23)15(9)17)12-8-10-4-6-14(24)16(10)18(12)20(19)22(26)28-2/h11-12,17-20H,3-8H2,1-2H3/t11-,12?,17+,18?,19-,20+/m1/s1. The Labute approximate surface area is 163 Å². The zero-order chi connectivity index (χ0) is 19.7. The Hall–Kier alpha value is -2.24. The predicted octanol–water partition coefficient (Wildman–Crippen LogP) is 2.17. The highest BCUT2D eigenvalue weighted by molar-refractivity contribution is 6.03. The highest BCUT2D eigenvalue weighted by Gasteiger charge is 2.64. The van der Waals surface area contributed by atoms with Crippen LogP contribution >= 0.6 is 0 Å². The topological polar surface area (TPSA) is 86.7 Å². The van der Waals surface area contributed by atoms with Gasteiger partial charge in [-0.25, -0.2) is 0 Å². The van der Waals surface area contributed by atoms with Crippen molar-refractivity contribution in [2.24, 2.45) is 35.5 Å². The molecule has 2 unspecified atom stereocenters. The van der Waals surface area contributed by atoms with Crippen LogP contribution in [-0.4, -0.2) is 37.7 Å². The Bertz CT molecular complexity index is 805. The Morgan fingerprint density at radius 3 is 1.46 bits per heavy atom. The van der Waals surface area contributed by atoms with Gasteiger partial charge in [0.2, 0.25) is 0 Å². The maximum absolute atomic E-state index is 12.9. The summed E-state index contributed by atoms with van der Waals surface area (Å²) in [5, 5.41) is 0. The molecule has 0 spiro atoms. The van der Waals surface area contributed by atoms with Crippen molar-refractivity contribution < 1.29 is 28.7 Å². The van der Waals surface area contributed by atoms with Crippen LogP contribution in [0, 0.1) is 35.5 Å². The van der Waals surface area contributed by atoms with Crippen molar-refractivity contribution in [2.75, 3.05) is 14.2 Å². The van der Waals surface area contributed by atoms with Gasteiger partial charge in [0.1, 0.15) is 0 Å². The van der Waals surface area contributed by atoms with Gasteiger partial charge in [0.15, 0.2) is 11.6 Å². The molecule has 0 saturated heterocycles. The van der Waals surface area contributed by atoms with Crippen LogP contribution in [0.2, 0.25) is 0 Å². The summed E-state index contributed by atoms with van der Waals surface area (Å²) in [6.45, 7) is 0. The molecule has 6 atom stereocenters. The van der Waals surface area contributed by atoms with Crippen LogP contribution in [-0.2, 0) is 28.7 Å². The van der Waals surface area contributed by atoms with Crippen LogP contribution in [0.15, 0.2) is 22.3 Å². The number of allylic oxidation sites excluding steroid dienone is 4. The summed E-state index contributed by atoms with van der Waals surface area (Å²) in [6, 6.07) is 0. The number of hydrogen-bond acceptors (Lipinski definition) is 6. The number of esters is 2. The van der Waals surface area contributed by atoms with Gasteiger partial charge in [-0.3, -0.25) is 19.2 Å². The fourth-order valence-electron chi connectivity index (χ4n) is 7.01. The summed E-state index contributed by atoms with van der Waals surface area (Å²) in [4.78, 5) is 51.2. The van der Waals surface area contributed by atoms with E-state index in [1.165, 1.54) is 14.2 Å². The van der Waals surface area contributed by atoms with Crippen LogP contribution in [0.1, 0.15) is 38.5 Å². The summed E-state index contributed by atoms with van der Waals surface area (Å²) >= 11 is 0. The normalized spacial score (nSPS) is 38.4. The third-order valence-corrected chi connectivity index (χ3v) is 7.88. The second kappa shape index (κ2) is 6.13. The van der Waals surface area contributed by atoms with E-state index in [0.29, 0.717) is 12.8 Å². The van der Waals surface area contributed by atoms with Gasteiger partial charge in [0.25, 0.3) is 0 Å². The smallest absolute Gasteiger partial charge is 0.310 e. The molecule has 28 heavy (non-hydrogen) atoms. The summed E-state index contributed by atoms with van der Waals surface area (Å²) in [5.74, 6) is -2.63. The molecular formula is C22H24O6. The number of ether oxygens (including phenoxy) is 2. The molecule has 0 N–H and O–H groups in total. The average Bonchev–Trinajstić information content (AvgIpc) is 3.42. The van der Waals surface area contributed by atoms with E-state index in [0.717, 1.165) is 48.0 Å². The number of hydrogen-bond donors (Lipinski definition) is 0. The van der Waals surface area contributed by atoms with E-state index in [4.69, 9.17) is 9.47 Å². The van der Waals surface area contributed by atoms with Gasteiger partial charge in [-0.15, -0.1) is 0 Å². The van der Waals surface area contributed by atoms with Crippen LogP contribution in [0.25, 0.3) is 0 Å². The third kappa shape index (κ3) is 2.14. The molecule has 6 heteroatoms. The molecule has 148 valence electrons. The molecule has 0 aromatic carbocycles. The van der Waals surface area contributed by atoms with Crippen molar-refractivity contribution >= 4 is 23.5 Å². The minimum atomic E-state index is -0.765. The van der Waals surface area contributed by atoms with Crippen molar-refractivity contribution in [1.29, 1.82) is 0 Å². The number of Topliss-reactive ketones (excluding diaryl/α,β-unsaturated/α-hetero) is 2. The van der Waals surface area contributed by atoms with Crippen molar-refractivity contribution in [3.05, 3.63) is 22.3 Å². The molecule has 1 fully saturated rings. The lowest BCUT2D eigenvalue weighted by atomic mass is 9.55. The van der Waals surface area contributed by atoms with Gasteiger partial charge in [-0.05, 0) is 48.7 Å². The maximum Gasteiger partial charge on any atom is 0.310 e. The van der Waals surface area contributed by atoms with E-state index >= 15 is 0 Å². The van der Waals surface area contributed by atoms with Crippen molar-refractivity contribution in [1.82, 2.24) is 0 Å². The molecule has 0 heterocycles. The summed E-state index contributed by atoms with van der Waals surface area (Å²) in [5.41, 5.74) is 3.84. The summed E-state index contributed by atoms with van der Waals surface area (Å²) in [7, 11) is 2.64. The molecule has 0 aliphatic heterocycles. The second-order valence-corrected chi connectivity index (χ2v) is 8.77. The monoisotopic (exact) mass is 384 g/mol. The van der Waals surface area contributed by atoms with E-state index in [9.17, 15) is 19.2 Å². The first-order chi connectivity index (χ1) is 13.5. The van der Waals surface area contributed by atoms with E-state index < -0.39 is 23.8 Å². The van der Waals surface area contributed by atoms with Gasteiger partial charge in [0.05, 0.1) is 26.1 Å². The zero-order valence-electron chi connectivity index (χ0n) is 16.2. The van der Waals surface area contributed by atoms with Gasteiger partial charge in [-0.1, -0.05) is 11.1 Å². The first kappa shape index (κ1) is 17.8. The van der Waals surface area contributed by atoms with E-state index in [2.05, 4.69) is 0 Å². The van der Waals surface area contributed by atoms with Crippen molar-refractivity contribution in [3.8, 4) is 0 Å². The van der Waals surface area contributed by atoms with Crippen molar-refractivity contribution in [3.63, 3.8) is 0 Å². The number of carbonyl (C=O) groups is 4. The number of carbonyl (C=O) groups excluding carboxylic acids is 4. The molecular weight excluding hydrogens is 360 g/mol. The average molecular weight is 384 g/mol. The molecule has 5 aliphatic carbocycles. The molecule has 5 rings (SSSR count). The zero-order valence-corrected chi connectivity index (χ0v) is 16.2. The van der Waals surface area contributed by atoms with Gasteiger partial charge in [-0.2, -0.15) is 0 Å². The number of methoxy groups -OCH3 is 2. The number of ketones is 2. The maximum atomic E-state index is 12.9. The molecule has 6 nitrogen and oxygen atoms in total. The van der Waals surface area contributed by atoms with Gasteiger partial charge >= 0.3 is 11.9 Å². The first-order valence-corrected chi connectivity index (χ1v) is 10.1. The highest BCUT2D eigenvalue weighted by Crippen LogP contribution is 2.64. The quantitative estimate of drug-likeness (QED) is 0.678. The van der Waals surface area contributed by atoms with E-state index in [1.54, 1.807) is 0 Å². The molecule has 0 radical (unpaired) electrons. The van der Waals surface area contributed by atoms with E-state index in [-0.39, 0.29) is 35.2 Å². The largest absolute Gasteiger partial charge is 0.469 e. The Morgan fingerprint density at radius 2 is 1.11 bits per heavy atom. The highest BCUT2D eigenvalue weighted by atomic mass is 16.5. The summed E-state index contributed by atoms with van der Waals surface area (Å²) < 4.78 is 10.2.